The number of rotatable bonds is 10. The summed E-state index contributed by atoms with van der Waals surface area (Å²) in [6, 6.07) is 8.98. The van der Waals surface area contributed by atoms with Crippen molar-refractivity contribution in [3.8, 4) is 0 Å². The van der Waals surface area contributed by atoms with Gasteiger partial charge in [0.15, 0.2) is 0 Å². The van der Waals surface area contributed by atoms with Gasteiger partial charge in [-0.2, -0.15) is 0 Å². The minimum atomic E-state index is -0.692. The molecule has 7 heteroatoms. The first-order valence-corrected chi connectivity index (χ1v) is 9.51. The lowest BCUT2D eigenvalue weighted by atomic mass is 9.97. The SMILES string of the molecule is C=CC[C@H](CC(=O)N[C@@H](C)CCO)C(=O)N1C(=O)OC[C@@H]1Cc1ccccc1. The molecule has 28 heavy (non-hydrogen) atoms. The Morgan fingerprint density at radius 2 is 2.11 bits per heavy atom. The Kier molecular flexibility index (Phi) is 8.19. The van der Waals surface area contributed by atoms with Crippen molar-refractivity contribution in [3.05, 3.63) is 48.6 Å². The molecule has 0 aromatic heterocycles. The van der Waals surface area contributed by atoms with Gasteiger partial charge in [0.2, 0.25) is 11.8 Å². The summed E-state index contributed by atoms with van der Waals surface area (Å²) in [7, 11) is 0. The third kappa shape index (κ3) is 5.92. The molecule has 1 aromatic carbocycles. The van der Waals surface area contributed by atoms with Crippen LogP contribution in [0.4, 0.5) is 4.79 Å². The van der Waals surface area contributed by atoms with E-state index in [2.05, 4.69) is 11.9 Å². The molecule has 152 valence electrons. The molecule has 0 spiro atoms. The predicted octanol–water partition coefficient (Wildman–Crippen LogP) is 2.05. The van der Waals surface area contributed by atoms with Crippen LogP contribution in [0.3, 0.4) is 0 Å². The van der Waals surface area contributed by atoms with Crippen LogP contribution >= 0.6 is 0 Å². The Balaban J connectivity index is 2.07. The number of aliphatic hydroxyl groups excluding tert-OH is 1. The van der Waals surface area contributed by atoms with E-state index in [1.165, 1.54) is 0 Å². The van der Waals surface area contributed by atoms with Gasteiger partial charge in [-0.05, 0) is 31.7 Å². The molecule has 1 aromatic rings. The highest BCUT2D eigenvalue weighted by atomic mass is 16.6. The molecule has 1 saturated heterocycles. The molecule has 0 bridgehead atoms. The fourth-order valence-corrected chi connectivity index (χ4v) is 3.26. The number of imide groups is 1. The molecule has 0 saturated carbocycles. The topological polar surface area (TPSA) is 95.9 Å². The van der Waals surface area contributed by atoms with Crippen LogP contribution < -0.4 is 5.32 Å². The number of nitrogens with zero attached hydrogens (tertiary/aromatic N) is 1. The van der Waals surface area contributed by atoms with Crippen LogP contribution in [0.2, 0.25) is 0 Å². The summed E-state index contributed by atoms with van der Waals surface area (Å²) < 4.78 is 5.11. The smallest absolute Gasteiger partial charge is 0.416 e. The summed E-state index contributed by atoms with van der Waals surface area (Å²) in [6.07, 6.45) is 2.06. The second-order valence-electron chi connectivity index (χ2n) is 7.03. The number of carbonyl (C=O) groups excluding carboxylic acids is 3. The van der Waals surface area contributed by atoms with Crippen molar-refractivity contribution in [2.45, 2.75) is 44.7 Å². The summed E-state index contributed by atoms with van der Waals surface area (Å²) in [5, 5.41) is 11.7. The highest BCUT2D eigenvalue weighted by molar-refractivity contribution is 5.96. The largest absolute Gasteiger partial charge is 0.447 e. The van der Waals surface area contributed by atoms with Gasteiger partial charge in [-0.25, -0.2) is 9.69 Å². The monoisotopic (exact) mass is 388 g/mol. The van der Waals surface area contributed by atoms with Crippen LogP contribution in [0.25, 0.3) is 0 Å². The standard InChI is InChI=1S/C21H28N2O5/c1-3-7-17(13-19(25)22-15(2)10-11-24)20(26)23-18(14-28-21(23)27)12-16-8-5-4-6-9-16/h3-6,8-9,15,17-18,24H,1,7,10-14H2,2H3,(H,22,25)/t15-,17+,18-/m0/s1. The van der Waals surface area contributed by atoms with Gasteiger partial charge in [0.25, 0.3) is 0 Å². The molecular weight excluding hydrogens is 360 g/mol. The molecule has 3 amide bonds. The van der Waals surface area contributed by atoms with Crippen LogP contribution in [0.1, 0.15) is 31.7 Å². The summed E-state index contributed by atoms with van der Waals surface area (Å²) >= 11 is 0. The summed E-state index contributed by atoms with van der Waals surface area (Å²) in [5.74, 6) is -1.41. The number of nitrogens with one attached hydrogen (secondary N) is 1. The molecular formula is C21H28N2O5. The lowest BCUT2D eigenvalue weighted by Gasteiger charge is -2.24. The highest BCUT2D eigenvalue weighted by Gasteiger charge is 2.40. The molecule has 1 fully saturated rings. The molecule has 1 heterocycles. The van der Waals surface area contributed by atoms with Gasteiger partial charge in [-0.3, -0.25) is 9.59 Å². The van der Waals surface area contributed by atoms with E-state index in [1.54, 1.807) is 13.0 Å². The third-order valence-electron chi connectivity index (χ3n) is 4.71. The van der Waals surface area contributed by atoms with Crippen molar-refractivity contribution in [3.63, 3.8) is 0 Å². The van der Waals surface area contributed by atoms with Gasteiger partial charge in [-0.15, -0.1) is 6.58 Å². The normalized spacial score (nSPS) is 18.3. The van der Waals surface area contributed by atoms with Crippen LogP contribution in [-0.2, 0) is 20.7 Å². The molecule has 7 nitrogen and oxygen atoms in total. The molecule has 2 N–H and O–H groups in total. The van der Waals surface area contributed by atoms with Crippen molar-refractivity contribution >= 4 is 17.9 Å². The third-order valence-corrected chi connectivity index (χ3v) is 4.71. The summed E-state index contributed by atoms with van der Waals surface area (Å²) in [5.41, 5.74) is 0.999. The first-order valence-electron chi connectivity index (χ1n) is 9.51. The number of cyclic esters (lactones) is 1. The van der Waals surface area contributed by atoms with Gasteiger partial charge in [0, 0.05) is 19.1 Å². The van der Waals surface area contributed by atoms with Crippen molar-refractivity contribution in [1.29, 1.82) is 0 Å². The highest BCUT2D eigenvalue weighted by Crippen LogP contribution is 2.23. The first-order chi connectivity index (χ1) is 13.5. The average molecular weight is 388 g/mol. The fourth-order valence-electron chi connectivity index (χ4n) is 3.26. The number of carbonyl (C=O) groups is 3. The van der Waals surface area contributed by atoms with Crippen LogP contribution in [0.15, 0.2) is 43.0 Å². The van der Waals surface area contributed by atoms with Gasteiger partial charge < -0.3 is 15.2 Å². The van der Waals surface area contributed by atoms with E-state index in [9.17, 15) is 14.4 Å². The number of allylic oxidation sites excluding steroid dienone is 1. The number of hydrogen-bond acceptors (Lipinski definition) is 5. The van der Waals surface area contributed by atoms with Crippen LogP contribution in [0.5, 0.6) is 0 Å². The number of hydrogen-bond donors (Lipinski definition) is 2. The quantitative estimate of drug-likeness (QED) is 0.598. The Hall–Kier alpha value is -2.67. The van der Waals surface area contributed by atoms with Gasteiger partial charge in [0.05, 0.1) is 12.0 Å². The zero-order valence-corrected chi connectivity index (χ0v) is 16.2. The predicted molar refractivity (Wildman–Crippen MR) is 104 cm³/mol. The van der Waals surface area contributed by atoms with Crippen molar-refractivity contribution in [2.75, 3.05) is 13.2 Å². The number of amides is 3. The van der Waals surface area contributed by atoms with Gasteiger partial charge in [0.1, 0.15) is 6.61 Å². The maximum Gasteiger partial charge on any atom is 0.416 e. The lowest BCUT2D eigenvalue weighted by molar-refractivity contribution is -0.136. The van der Waals surface area contributed by atoms with Crippen LogP contribution in [-0.4, -0.2) is 53.2 Å². The Labute approximate surface area is 165 Å². The maximum atomic E-state index is 13.1. The zero-order chi connectivity index (χ0) is 20.5. The molecule has 0 unspecified atom stereocenters. The van der Waals surface area contributed by atoms with Gasteiger partial charge in [-0.1, -0.05) is 36.4 Å². The van der Waals surface area contributed by atoms with Crippen LogP contribution in [0, 0.1) is 5.92 Å². The average Bonchev–Trinajstić information content (AvgIpc) is 3.02. The maximum absolute atomic E-state index is 13.1. The molecule has 1 aliphatic heterocycles. The Bertz CT molecular complexity index is 691. The summed E-state index contributed by atoms with van der Waals surface area (Å²) in [4.78, 5) is 38.7. The summed E-state index contributed by atoms with van der Waals surface area (Å²) in [6.45, 7) is 5.55. The first kappa shape index (κ1) is 21.6. The van der Waals surface area contributed by atoms with Crippen molar-refractivity contribution < 1.29 is 24.2 Å². The second kappa shape index (κ2) is 10.6. The second-order valence-corrected chi connectivity index (χ2v) is 7.03. The minimum absolute atomic E-state index is 0.0305. The van der Waals surface area contributed by atoms with E-state index in [0.717, 1.165) is 10.5 Å². The molecule has 2 rings (SSSR count). The molecule has 0 radical (unpaired) electrons. The van der Waals surface area contributed by atoms with E-state index in [1.807, 2.05) is 30.3 Å². The Morgan fingerprint density at radius 3 is 2.75 bits per heavy atom. The van der Waals surface area contributed by atoms with Gasteiger partial charge >= 0.3 is 6.09 Å². The fraction of sp³-hybridized carbons (Fsp3) is 0.476. The number of aliphatic hydroxyl groups is 1. The molecule has 0 aliphatic carbocycles. The molecule has 1 aliphatic rings. The zero-order valence-electron chi connectivity index (χ0n) is 16.2. The van der Waals surface area contributed by atoms with Crippen molar-refractivity contribution in [2.24, 2.45) is 5.92 Å². The van der Waals surface area contributed by atoms with Crippen molar-refractivity contribution in [1.82, 2.24) is 10.2 Å². The lowest BCUT2D eigenvalue weighted by Crippen LogP contribution is -2.45. The van der Waals surface area contributed by atoms with E-state index >= 15 is 0 Å². The number of benzene rings is 1. The van der Waals surface area contributed by atoms with E-state index in [4.69, 9.17) is 9.84 Å². The number of ether oxygens (including phenoxy) is 1. The van der Waals surface area contributed by atoms with E-state index in [0.29, 0.717) is 12.8 Å². The minimum Gasteiger partial charge on any atom is -0.447 e. The van der Waals surface area contributed by atoms with E-state index in [-0.39, 0.29) is 38.0 Å². The Morgan fingerprint density at radius 1 is 1.39 bits per heavy atom. The molecule has 3 atom stereocenters. The van der Waals surface area contributed by atoms with E-state index < -0.39 is 24.0 Å².